The first-order chi connectivity index (χ1) is 9.08. The Kier molecular flexibility index (Phi) is 4.39. The number of anilines is 1. The van der Waals surface area contributed by atoms with Gasteiger partial charge in [-0.3, -0.25) is 4.79 Å². The van der Waals surface area contributed by atoms with Crippen molar-refractivity contribution in [1.29, 1.82) is 0 Å². The topological polar surface area (TPSA) is 75.6 Å². The second-order valence-corrected chi connectivity index (χ2v) is 4.81. The van der Waals surface area contributed by atoms with Crippen molar-refractivity contribution in [2.75, 3.05) is 18.5 Å². The number of amides is 1. The summed E-state index contributed by atoms with van der Waals surface area (Å²) in [4.78, 5) is 22.9. The maximum Gasteiger partial charge on any atom is 0.337 e. The van der Waals surface area contributed by atoms with Crippen LogP contribution in [0.4, 0.5) is 5.69 Å². The number of benzene rings is 1. The van der Waals surface area contributed by atoms with Gasteiger partial charge >= 0.3 is 5.97 Å². The summed E-state index contributed by atoms with van der Waals surface area (Å²) in [5.41, 5.74) is 0.400. The van der Waals surface area contributed by atoms with Gasteiger partial charge in [0.25, 0.3) is 0 Å². The van der Waals surface area contributed by atoms with Crippen molar-refractivity contribution in [3.63, 3.8) is 0 Å². The summed E-state index contributed by atoms with van der Waals surface area (Å²) in [5.74, 6) is -1.46. The molecule has 1 aliphatic heterocycles. The molecule has 1 fully saturated rings. The van der Waals surface area contributed by atoms with E-state index in [9.17, 15) is 9.59 Å². The van der Waals surface area contributed by atoms with E-state index in [1.54, 1.807) is 6.07 Å². The summed E-state index contributed by atoms with van der Waals surface area (Å²) in [6.45, 7) is 1.10. The lowest BCUT2D eigenvalue weighted by Gasteiger charge is -2.21. The predicted molar refractivity (Wildman–Crippen MR) is 70.6 cm³/mol. The number of carbonyl (C=O) groups excluding carboxylic acids is 1. The van der Waals surface area contributed by atoms with Crippen molar-refractivity contribution >= 4 is 29.2 Å². The summed E-state index contributed by atoms with van der Waals surface area (Å²) in [7, 11) is 0. The molecule has 1 amide bonds. The van der Waals surface area contributed by atoms with Crippen LogP contribution < -0.4 is 5.32 Å². The molecule has 1 aromatic rings. The van der Waals surface area contributed by atoms with Gasteiger partial charge in [-0.15, -0.1) is 0 Å². The summed E-state index contributed by atoms with van der Waals surface area (Å²) in [6.07, 6.45) is 1.64. The average Bonchev–Trinajstić information content (AvgIpc) is 2.41. The van der Waals surface area contributed by atoms with Crippen molar-refractivity contribution in [3.8, 4) is 0 Å². The van der Waals surface area contributed by atoms with Crippen molar-refractivity contribution in [3.05, 3.63) is 28.8 Å². The largest absolute Gasteiger partial charge is 0.478 e. The molecule has 5 nitrogen and oxygen atoms in total. The van der Waals surface area contributed by atoms with Gasteiger partial charge in [0.2, 0.25) is 5.91 Å². The van der Waals surface area contributed by atoms with Crippen molar-refractivity contribution < 1.29 is 19.4 Å². The first kappa shape index (κ1) is 13.8. The minimum atomic E-state index is -1.12. The Bertz CT molecular complexity index is 497. The van der Waals surface area contributed by atoms with Gasteiger partial charge in [-0.05, 0) is 31.0 Å². The molecule has 1 saturated heterocycles. The van der Waals surface area contributed by atoms with Gasteiger partial charge < -0.3 is 15.2 Å². The van der Waals surface area contributed by atoms with E-state index < -0.39 is 5.97 Å². The van der Waals surface area contributed by atoms with E-state index in [2.05, 4.69) is 5.32 Å². The molecular formula is C13H14ClNO4. The molecule has 0 saturated carbocycles. The predicted octanol–water partition coefficient (Wildman–Crippen LogP) is 2.40. The Labute approximate surface area is 115 Å². The minimum Gasteiger partial charge on any atom is -0.478 e. The first-order valence-electron chi connectivity index (χ1n) is 5.99. The fourth-order valence-corrected chi connectivity index (χ4v) is 2.16. The number of nitrogens with one attached hydrogen (secondary N) is 1. The highest BCUT2D eigenvalue weighted by atomic mass is 35.5. The van der Waals surface area contributed by atoms with E-state index in [1.807, 2.05) is 0 Å². The molecule has 6 heteroatoms. The van der Waals surface area contributed by atoms with Gasteiger partial charge in [-0.1, -0.05) is 11.6 Å². The molecule has 2 rings (SSSR count). The third kappa shape index (κ3) is 3.45. The average molecular weight is 284 g/mol. The molecule has 0 spiro atoms. The molecular weight excluding hydrogens is 270 g/mol. The molecule has 0 aliphatic carbocycles. The van der Waals surface area contributed by atoms with Crippen molar-refractivity contribution in [2.45, 2.75) is 12.8 Å². The molecule has 1 unspecified atom stereocenters. The zero-order chi connectivity index (χ0) is 13.8. The van der Waals surface area contributed by atoms with Crippen molar-refractivity contribution in [1.82, 2.24) is 0 Å². The third-order valence-electron chi connectivity index (χ3n) is 3.00. The Morgan fingerprint density at radius 1 is 1.42 bits per heavy atom. The number of carboxylic acid groups (broad SMARTS) is 1. The summed E-state index contributed by atoms with van der Waals surface area (Å²) in [6, 6.07) is 4.39. The zero-order valence-corrected chi connectivity index (χ0v) is 10.9. The maximum atomic E-state index is 12.0. The highest BCUT2D eigenvalue weighted by Crippen LogP contribution is 2.22. The minimum absolute atomic E-state index is 0.0284. The van der Waals surface area contributed by atoms with Crippen LogP contribution in [0.1, 0.15) is 23.2 Å². The second kappa shape index (κ2) is 6.04. The van der Waals surface area contributed by atoms with Crippen LogP contribution in [0.3, 0.4) is 0 Å². The fraction of sp³-hybridized carbons (Fsp3) is 0.385. The lowest BCUT2D eigenvalue weighted by atomic mass is 10.0. The number of carbonyl (C=O) groups is 2. The van der Waals surface area contributed by atoms with Crippen LogP contribution in [0.2, 0.25) is 5.02 Å². The number of hydrogen-bond acceptors (Lipinski definition) is 3. The van der Waals surface area contributed by atoms with Gasteiger partial charge in [-0.2, -0.15) is 0 Å². The maximum absolute atomic E-state index is 12.0. The van der Waals surface area contributed by atoms with Crippen LogP contribution in [-0.4, -0.2) is 30.2 Å². The molecule has 1 aromatic carbocycles. The molecule has 1 atom stereocenters. The van der Waals surface area contributed by atoms with Gasteiger partial charge in [0.05, 0.1) is 23.1 Å². The fourth-order valence-electron chi connectivity index (χ4n) is 1.96. The van der Waals surface area contributed by atoms with Crippen LogP contribution in [-0.2, 0) is 9.53 Å². The van der Waals surface area contributed by atoms with E-state index in [1.165, 1.54) is 12.1 Å². The van der Waals surface area contributed by atoms with Crippen LogP contribution in [0.15, 0.2) is 18.2 Å². The van der Waals surface area contributed by atoms with Crippen molar-refractivity contribution in [2.24, 2.45) is 5.92 Å². The normalized spacial score (nSPS) is 18.9. The molecule has 0 bridgehead atoms. The third-order valence-corrected chi connectivity index (χ3v) is 3.32. The zero-order valence-electron chi connectivity index (χ0n) is 10.2. The summed E-state index contributed by atoms with van der Waals surface area (Å²) >= 11 is 5.76. The van der Waals surface area contributed by atoms with E-state index >= 15 is 0 Å². The van der Waals surface area contributed by atoms with Gasteiger partial charge in [0.1, 0.15) is 0 Å². The van der Waals surface area contributed by atoms with Crippen LogP contribution >= 0.6 is 11.6 Å². The highest BCUT2D eigenvalue weighted by Gasteiger charge is 2.22. The molecule has 1 heterocycles. The van der Waals surface area contributed by atoms with Crippen LogP contribution in [0, 0.1) is 5.92 Å². The molecule has 0 aromatic heterocycles. The van der Waals surface area contributed by atoms with Gasteiger partial charge in [-0.25, -0.2) is 4.79 Å². The Balaban J connectivity index is 2.08. The number of halogens is 1. The second-order valence-electron chi connectivity index (χ2n) is 4.40. The van der Waals surface area contributed by atoms with E-state index in [0.717, 1.165) is 12.8 Å². The first-order valence-corrected chi connectivity index (χ1v) is 6.37. The monoisotopic (exact) mass is 283 g/mol. The lowest BCUT2D eigenvalue weighted by Crippen LogP contribution is -2.30. The SMILES string of the molecule is O=C(O)c1cc(NC(=O)C2CCCOC2)ccc1Cl. The lowest BCUT2D eigenvalue weighted by molar-refractivity contribution is -0.123. The number of carboxylic acids is 1. The quantitative estimate of drug-likeness (QED) is 0.893. The van der Waals surface area contributed by atoms with E-state index in [0.29, 0.717) is 18.9 Å². The number of aromatic carboxylic acids is 1. The smallest absolute Gasteiger partial charge is 0.337 e. The summed E-state index contributed by atoms with van der Waals surface area (Å²) < 4.78 is 5.25. The molecule has 1 aliphatic rings. The van der Waals surface area contributed by atoms with Gasteiger partial charge in [0, 0.05) is 12.3 Å². The molecule has 0 radical (unpaired) electrons. The molecule has 102 valence electrons. The molecule has 19 heavy (non-hydrogen) atoms. The summed E-state index contributed by atoms with van der Waals surface area (Å²) in [5, 5.41) is 11.8. The van der Waals surface area contributed by atoms with E-state index in [4.69, 9.17) is 21.4 Å². The number of ether oxygens (including phenoxy) is 1. The standard InChI is InChI=1S/C13H14ClNO4/c14-11-4-3-9(6-10(11)13(17)18)15-12(16)8-2-1-5-19-7-8/h3-4,6,8H,1-2,5,7H2,(H,15,16)(H,17,18). The Morgan fingerprint density at radius 3 is 2.84 bits per heavy atom. The number of rotatable bonds is 3. The van der Waals surface area contributed by atoms with E-state index in [-0.39, 0.29) is 22.4 Å². The highest BCUT2D eigenvalue weighted by molar-refractivity contribution is 6.33. The number of hydrogen-bond donors (Lipinski definition) is 2. The molecule has 2 N–H and O–H groups in total. The van der Waals surface area contributed by atoms with Crippen LogP contribution in [0.5, 0.6) is 0 Å². The van der Waals surface area contributed by atoms with Gasteiger partial charge in [0.15, 0.2) is 0 Å². The Morgan fingerprint density at radius 2 is 2.21 bits per heavy atom. The Hall–Kier alpha value is -1.59. The van der Waals surface area contributed by atoms with Crippen LogP contribution in [0.25, 0.3) is 0 Å².